The van der Waals surface area contributed by atoms with Crippen LogP contribution in [0.5, 0.6) is 0 Å². The Hall–Kier alpha value is -0.850. The first kappa shape index (κ1) is 20.9. The Labute approximate surface area is 166 Å². The SMILES string of the molecule is CCNC(=NCC(C)CN1CCOCC1)NC1CCN(C2CCCC2)CC1. The van der Waals surface area contributed by atoms with Crippen LogP contribution < -0.4 is 10.6 Å². The fourth-order valence-corrected chi connectivity index (χ4v) is 4.72. The van der Waals surface area contributed by atoms with Gasteiger partial charge in [0, 0.05) is 57.9 Å². The third-order valence-corrected chi connectivity index (χ3v) is 6.29. The van der Waals surface area contributed by atoms with E-state index >= 15 is 0 Å². The zero-order valence-electron chi connectivity index (χ0n) is 17.6. The number of piperidine rings is 1. The summed E-state index contributed by atoms with van der Waals surface area (Å²) < 4.78 is 5.44. The highest BCUT2D eigenvalue weighted by Gasteiger charge is 2.27. The maximum atomic E-state index is 5.44. The third kappa shape index (κ3) is 6.91. The highest BCUT2D eigenvalue weighted by Crippen LogP contribution is 2.26. The molecule has 1 saturated carbocycles. The summed E-state index contributed by atoms with van der Waals surface area (Å²) in [5.41, 5.74) is 0. The molecule has 2 aliphatic heterocycles. The summed E-state index contributed by atoms with van der Waals surface area (Å²) in [7, 11) is 0. The highest BCUT2D eigenvalue weighted by molar-refractivity contribution is 5.80. The van der Waals surface area contributed by atoms with Crippen molar-refractivity contribution in [2.75, 3.05) is 59.0 Å². The molecule has 1 atom stereocenters. The van der Waals surface area contributed by atoms with Gasteiger partial charge >= 0.3 is 0 Å². The molecule has 0 aromatic rings. The van der Waals surface area contributed by atoms with Crippen molar-refractivity contribution in [1.29, 1.82) is 0 Å². The number of hydrogen-bond donors (Lipinski definition) is 2. The minimum Gasteiger partial charge on any atom is -0.379 e. The second-order valence-corrected chi connectivity index (χ2v) is 8.63. The molecule has 27 heavy (non-hydrogen) atoms. The molecule has 1 unspecified atom stereocenters. The molecule has 2 saturated heterocycles. The first-order valence-corrected chi connectivity index (χ1v) is 11.3. The molecule has 2 N–H and O–H groups in total. The van der Waals surface area contributed by atoms with Gasteiger partial charge < -0.3 is 20.3 Å². The Bertz CT molecular complexity index is 438. The summed E-state index contributed by atoms with van der Waals surface area (Å²) >= 11 is 0. The molecule has 6 nitrogen and oxygen atoms in total. The summed E-state index contributed by atoms with van der Waals surface area (Å²) in [5.74, 6) is 1.58. The zero-order chi connectivity index (χ0) is 18.9. The van der Waals surface area contributed by atoms with Crippen molar-refractivity contribution >= 4 is 5.96 Å². The fourth-order valence-electron chi connectivity index (χ4n) is 4.72. The summed E-state index contributed by atoms with van der Waals surface area (Å²) in [6.07, 6.45) is 8.19. The topological polar surface area (TPSA) is 52.1 Å². The normalized spacial score (nSPS) is 25.6. The largest absolute Gasteiger partial charge is 0.379 e. The van der Waals surface area contributed by atoms with Gasteiger partial charge in [-0.15, -0.1) is 0 Å². The van der Waals surface area contributed by atoms with Crippen LogP contribution in [0.1, 0.15) is 52.4 Å². The summed E-state index contributed by atoms with van der Waals surface area (Å²) in [6, 6.07) is 1.43. The van der Waals surface area contributed by atoms with Crippen molar-refractivity contribution < 1.29 is 4.74 Å². The second-order valence-electron chi connectivity index (χ2n) is 8.63. The minimum absolute atomic E-state index is 0.565. The highest BCUT2D eigenvalue weighted by atomic mass is 16.5. The first-order chi connectivity index (χ1) is 13.2. The molecule has 1 aliphatic carbocycles. The van der Waals surface area contributed by atoms with E-state index in [4.69, 9.17) is 9.73 Å². The molecular formula is C21H41N5O. The molecule has 3 fully saturated rings. The average molecular weight is 380 g/mol. The van der Waals surface area contributed by atoms with Crippen LogP contribution in [-0.2, 0) is 4.74 Å². The maximum Gasteiger partial charge on any atom is 0.191 e. The second kappa shape index (κ2) is 11.2. The van der Waals surface area contributed by atoms with E-state index in [9.17, 15) is 0 Å². The van der Waals surface area contributed by atoms with Gasteiger partial charge in [-0.1, -0.05) is 19.8 Å². The lowest BCUT2D eigenvalue weighted by Gasteiger charge is -2.36. The number of ether oxygens (including phenoxy) is 1. The molecule has 6 heteroatoms. The van der Waals surface area contributed by atoms with Gasteiger partial charge in [-0.2, -0.15) is 0 Å². The summed E-state index contributed by atoms with van der Waals surface area (Å²) in [4.78, 5) is 10.1. The van der Waals surface area contributed by atoms with Gasteiger partial charge in [-0.3, -0.25) is 9.89 Å². The zero-order valence-corrected chi connectivity index (χ0v) is 17.6. The number of guanidine groups is 1. The van der Waals surface area contributed by atoms with E-state index in [-0.39, 0.29) is 0 Å². The fraction of sp³-hybridized carbons (Fsp3) is 0.952. The van der Waals surface area contributed by atoms with Crippen molar-refractivity contribution in [2.45, 2.75) is 64.5 Å². The smallest absolute Gasteiger partial charge is 0.191 e. The lowest BCUT2D eigenvalue weighted by atomic mass is 10.0. The van der Waals surface area contributed by atoms with Crippen LogP contribution in [0.2, 0.25) is 0 Å². The van der Waals surface area contributed by atoms with Crippen molar-refractivity contribution in [3.05, 3.63) is 0 Å². The van der Waals surface area contributed by atoms with Crippen LogP contribution in [-0.4, -0.2) is 86.9 Å². The lowest BCUT2D eigenvalue weighted by Crippen LogP contribution is -2.50. The van der Waals surface area contributed by atoms with Gasteiger partial charge in [0.25, 0.3) is 0 Å². The predicted octanol–water partition coefficient (Wildman–Crippen LogP) is 1.92. The molecule has 2 heterocycles. The molecule has 3 aliphatic rings. The Morgan fingerprint density at radius 2 is 1.78 bits per heavy atom. The number of nitrogens with one attached hydrogen (secondary N) is 2. The van der Waals surface area contributed by atoms with E-state index in [2.05, 4.69) is 34.3 Å². The van der Waals surface area contributed by atoms with E-state index < -0.39 is 0 Å². The van der Waals surface area contributed by atoms with E-state index in [0.29, 0.717) is 12.0 Å². The van der Waals surface area contributed by atoms with Crippen molar-refractivity contribution in [3.8, 4) is 0 Å². The molecule has 0 bridgehead atoms. The number of nitrogens with zero attached hydrogens (tertiary/aromatic N) is 3. The molecule has 3 rings (SSSR count). The molecule has 156 valence electrons. The number of aliphatic imine (C=N–C) groups is 1. The standard InChI is InChI=1S/C21H41N5O/c1-3-22-21(23-16-18(2)17-25-12-14-27-15-13-25)24-19-8-10-26(11-9-19)20-6-4-5-7-20/h18-20H,3-17H2,1-2H3,(H2,22,23,24). The summed E-state index contributed by atoms with van der Waals surface area (Å²) in [6.45, 7) is 13.7. The number of likely N-dealkylation sites (tertiary alicyclic amines) is 1. The molecular weight excluding hydrogens is 338 g/mol. The van der Waals surface area contributed by atoms with E-state index in [1.54, 1.807) is 0 Å². The Balaban J connectivity index is 1.40. The van der Waals surface area contributed by atoms with Crippen LogP contribution in [0.25, 0.3) is 0 Å². The molecule has 0 amide bonds. The van der Waals surface area contributed by atoms with Gasteiger partial charge in [0.15, 0.2) is 5.96 Å². The Morgan fingerprint density at radius 3 is 2.44 bits per heavy atom. The van der Waals surface area contributed by atoms with Gasteiger partial charge in [-0.25, -0.2) is 0 Å². The number of hydrogen-bond acceptors (Lipinski definition) is 4. The van der Waals surface area contributed by atoms with Crippen molar-refractivity contribution in [3.63, 3.8) is 0 Å². The van der Waals surface area contributed by atoms with E-state index in [0.717, 1.165) is 57.9 Å². The van der Waals surface area contributed by atoms with Crippen LogP contribution in [0.4, 0.5) is 0 Å². The average Bonchev–Trinajstić information content (AvgIpc) is 3.22. The number of rotatable bonds is 7. The Morgan fingerprint density at radius 1 is 1.07 bits per heavy atom. The third-order valence-electron chi connectivity index (χ3n) is 6.29. The summed E-state index contributed by atoms with van der Waals surface area (Å²) in [5, 5.41) is 7.15. The van der Waals surface area contributed by atoms with Gasteiger partial charge in [0.2, 0.25) is 0 Å². The molecule has 0 aromatic heterocycles. The van der Waals surface area contributed by atoms with Crippen LogP contribution >= 0.6 is 0 Å². The van der Waals surface area contributed by atoms with Crippen molar-refractivity contribution in [1.82, 2.24) is 20.4 Å². The van der Waals surface area contributed by atoms with Gasteiger partial charge in [0.05, 0.1) is 13.2 Å². The van der Waals surface area contributed by atoms with Crippen LogP contribution in [0.3, 0.4) is 0 Å². The predicted molar refractivity (Wildman–Crippen MR) is 112 cm³/mol. The maximum absolute atomic E-state index is 5.44. The molecule has 0 radical (unpaired) electrons. The van der Waals surface area contributed by atoms with Gasteiger partial charge in [-0.05, 0) is 38.5 Å². The lowest BCUT2D eigenvalue weighted by molar-refractivity contribution is 0.0323. The molecule has 0 aromatic carbocycles. The van der Waals surface area contributed by atoms with Crippen LogP contribution in [0.15, 0.2) is 4.99 Å². The molecule has 0 spiro atoms. The minimum atomic E-state index is 0.565. The number of morpholine rings is 1. The Kier molecular flexibility index (Phi) is 8.68. The quantitative estimate of drug-likeness (QED) is 0.523. The van der Waals surface area contributed by atoms with Crippen molar-refractivity contribution in [2.24, 2.45) is 10.9 Å². The monoisotopic (exact) mass is 379 g/mol. The van der Waals surface area contributed by atoms with E-state index in [1.807, 2.05) is 0 Å². The van der Waals surface area contributed by atoms with Crippen LogP contribution in [0, 0.1) is 5.92 Å². The van der Waals surface area contributed by atoms with Gasteiger partial charge in [0.1, 0.15) is 0 Å². The van der Waals surface area contributed by atoms with E-state index in [1.165, 1.54) is 51.6 Å². The first-order valence-electron chi connectivity index (χ1n) is 11.3.